The minimum atomic E-state index is -3.35. The van der Waals surface area contributed by atoms with Gasteiger partial charge in [-0.3, -0.25) is 0 Å². The standard InChI is InChI=1S/C29H37FN6O2S/c1-18-16-32-28(34-26-15-24(30)23(17-31-26)20-10-12-36(5)13-11-20)35-27(18)33-21-8-6-19-7-9-25(22(19)14-21)39(37,38)29(2,3)4/h6,8,14-17,20,25H,7,9-13H2,1-5H3,(H2,31,32,33,34,35). The van der Waals surface area contributed by atoms with E-state index in [1.165, 1.54) is 6.07 Å². The van der Waals surface area contributed by atoms with Crippen LogP contribution in [0.1, 0.15) is 73.5 Å². The summed E-state index contributed by atoms with van der Waals surface area (Å²) in [5.41, 5.74) is 4.14. The number of aromatic nitrogens is 3. The number of aryl methyl sites for hydroxylation is 2. The van der Waals surface area contributed by atoms with Gasteiger partial charge in [0.15, 0.2) is 9.84 Å². The highest BCUT2D eigenvalue weighted by atomic mass is 32.2. The molecule has 0 amide bonds. The van der Waals surface area contributed by atoms with Crippen LogP contribution in [0.15, 0.2) is 36.7 Å². The van der Waals surface area contributed by atoms with Gasteiger partial charge in [0.25, 0.3) is 0 Å². The van der Waals surface area contributed by atoms with Gasteiger partial charge >= 0.3 is 0 Å². The number of piperidine rings is 1. The molecular weight excluding hydrogens is 515 g/mol. The molecule has 1 aromatic carbocycles. The quantitative estimate of drug-likeness (QED) is 0.395. The fourth-order valence-electron chi connectivity index (χ4n) is 5.40. The van der Waals surface area contributed by atoms with Crippen LogP contribution in [0, 0.1) is 12.7 Å². The maximum atomic E-state index is 15.0. The van der Waals surface area contributed by atoms with Gasteiger partial charge in [-0.15, -0.1) is 0 Å². The molecule has 0 saturated carbocycles. The molecule has 5 rings (SSSR count). The number of hydrogen-bond donors (Lipinski definition) is 2. The van der Waals surface area contributed by atoms with Gasteiger partial charge in [0.2, 0.25) is 5.95 Å². The molecule has 2 aromatic heterocycles. The van der Waals surface area contributed by atoms with Gasteiger partial charge in [-0.05, 0) is 103 Å². The van der Waals surface area contributed by atoms with Crippen LogP contribution in [0.3, 0.4) is 0 Å². The van der Waals surface area contributed by atoms with Crippen molar-refractivity contribution in [3.8, 4) is 0 Å². The second-order valence-corrected chi connectivity index (χ2v) is 14.6. The summed E-state index contributed by atoms with van der Waals surface area (Å²) in [6, 6.07) is 7.26. The van der Waals surface area contributed by atoms with Crippen molar-refractivity contribution in [3.63, 3.8) is 0 Å². The number of pyridine rings is 1. The first-order chi connectivity index (χ1) is 18.4. The summed E-state index contributed by atoms with van der Waals surface area (Å²) >= 11 is 0. The Morgan fingerprint density at radius 3 is 2.44 bits per heavy atom. The Bertz CT molecular complexity index is 1480. The van der Waals surface area contributed by atoms with E-state index in [4.69, 9.17) is 0 Å². The Morgan fingerprint density at radius 2 is 1.74 bits per heavy atom. The largest absolute Gasteiger partial charge is 0.340 e. The molecule has 2 N–H and O–H groups in total. The first-order valence-corrected chi connectivity index (χ1v) is 15.0. The molecule has 8 nitrogen and oxygen atoms in total. The molecule has 3 aromatic rings. The van der Waals surface area contributed by atoms with Crippen LogP contribution in [-0.2, 0) is 16.3 Å². The molecule has 1 fully saturated rings. The Morgan fingerprint density at radius 1 is 1.00 bits per heavy atom. The molecule has 3 heterocycles. The van der Waals surface area contributed by atoms with Crippen LogP contribution >= 0.6 is 0 Å². The molecule has 10 heteroatoms. The molecule has 1 aliphatic carbocycles. The van der Waals surface area contributed by atoms with E-state index >= 15 is 0 Å². The van der Waals surface area contributed by atoms with Crippen molar-refractivity contribution in [1.82, 2.24) is 19.9 Å². The number of benzene rings is 1. The zero-order valence-electron chi connectivity index (χ0n) is 23.3. The van der Waals surface area contributed by atoms with Crippen LogP contribution in [0.25, 0.3) is 0 Å². The Balaban J connectivity index is 1.34. The predicted molar refractivity (Wildman–Crippen MR) is 153 cm³/mol. The molecule has 1 saturated heterocycles. The van der Waals surface area contributed by atoms with Crippen LogP contribution in [-0.4, -0.2) is 53.2 Å². The summed E-state index contributed by atoms with van der Waals surface area (Å²) < 4.78 is 40.6. The third kappa shape index (κ3) is 5.63. The number of likely N-dealkylation sites (tertiary alicyclic amines) is 1. The molecule has 1 aliphatic heterocycles. The summed E-state index contributed by atoms with van der Waals surface area (Å²) in [7, 11) is -1.26. The van der Waals surface area contributed by atoms with Crippen LogP contribution in [0.2, 0.25) is 0 Å². The van der Waals surface area contributed by atoms with Gasteiger partial charge < -0.3 is 15.5 Å². The van der Waals surface area contributed by atoms with Gasteiger partial charge in [0, 0.05) is 35.3 Å². The molecule has 1 atom stereocenters. The van der Waals surface area contributed by atoms with Crippen molar-refractivity contribution >= 4 is 33.1 Å². The molecular formula is C29H37FN6O2S. The number of sulfone groups is 1. The summed E-state index contributed by atoms with van der Waals surface area (Å²) in [6.45, 7) is 9.06. The van der Waals surface area contributed by atoms with Crippen LogP contribution in [0.4, 0.5) is 27.7 Å². The zero-order valence-corrected chi connectivity index (χ0v) is 24.1. The zero-order chi connectivity index (χ0) is 27.9. The number of nitrogens with one attached hydrogen (secondary N) is 2. The predicted octanol–water partition coefficient (Wildman–Crippen LogP) is 5.82. The summed E-state index contributed by atoms with van der Waals surface area (Å²) in [5.74, 6) is 1.11. The second-order valence-electron chi connectivity index (χ2n) is 11.7. The highest BCUT2D eigenvalue weighted by molar-refractivity contribution is 7.93. The molecule has 39 heavy (non-hydrogen) atoms. The monoisotopic (exact) mass is 552 g/mol. The van der Waals surface area contributed by atoms with Crippen LogP contribution < -0.4 is 10.6 Å². The van der Waals surface area contributed by atoms with Crippen molar-refractivity contribution in [3.05, 3.63) is 64.7 Å². The third-order valence-electron chi connectivity index (χ3n) is 7.91. The first kappa shape index (κ1) is 27.5. The van der Waals surface area contributed by atoms with Gasteiger partial charge in [0.05, 0.1) is 10.00 Å². The Kier molecular flexibility index (Phi) is 7.37. The van der Waals surface area contributed by atoms with Gasteiger partial charge in [-0.2, -0.15) is 4.98 Å². The summed E-state index contributed by atoms with van der Waals surface area (Å²) in [5, 5.41) is 5.82. The van der Waals surface area contributed by atoms with E-state index in [9.17, 15) is 12.8 Å². The van der Waals surface area contributed by atoms with E-state index in [2.05, 4.69) is 37.5 Å². The maximum absolute atomic E-state index is 15.0. The number of hydrogen-bond acceptors (Lipinski definition) is 8. The lowest BCUT2D eigenvalue weighted by Crippen LogP contribution is -2.32. The van der Waals surface area contributed by atoms with E-state index in [1.54, 1.807) is 33.2 Å². The SMILES string of the molecule is Cc1cnc(Nc2cc(F)c(C3CCN(C)CC3)cn2)nc1Nc1ccc2c(c1)C(S(=O)(=O)C(C)(C)C)CC2. The summed E-state index contributed by atoms with van der Waals surface area (Å²) in [4.78, 5) is 15.6. The van der Waals surface area contributed by atoms with E-state index in [-0.39, 0.29) is 17.7 Å². The molecule has 0 radical (unpaired) electrons. The fourth-order valence-corrected chi connectivity index (χ4v) is 7.24. The molecule has 1 unspecified atom stereocenters. The minimum absolute atomic E-state index is 0.180. The lowest BCUT2D eigenvalue weighted by Gasteiger charge is -2.29. The lowest BCUT2D eigenvalue weighted by atomic mass is 9.90. The molecule has 0 spiro atoms. The van der Waals surface area contributed by atoms with Crippen molar-refractivity contribution in [1.29, 1.82) is 0 Å². The average Bonchev–Trinajstić information content (AvgIpc) is 3.30. The number of fused-ring (bicyclic) bond motifs is 1. The smallest absolute Gasteiger partial charge is 0.230 e. The summed E-state index contributed by atoms with van der Waals surface area (Å²) in [6.07, 6.45) is 6.48. The van der Waals surface area contributed by atoms with Gasteiger partial charge in [-0.1, -0.05) is 6.07 Å². The number of anilines is 4. The Labute approximate surface area is 230 Å². The average molecular weight is 553 g/mol. The van der Waals surface area contributed by atoms with E-state index in [0.717, 1.165) is 54.7 Å². The van der Waals surface area contributed by atoms with Gasteiger partial charge in [0.1, 0.15) is 17.5 Å². The number of rotatable bonds is 6. The van der Waals surface area contributed by atoms with E-state index in [0.29, 0.717) is 23.6 Å². The first-order valence-electron chi connectivity index (χ1n) is 13.5. The lowest BCUT2D eigenvalue weighted by molar-refractivity contribution is 0.253. The van der Waals surface area contributed by atoms with E-state index < -0.39 is 19.8 Å². The number of halogens is 1. The molecule has 208 valence electrons. The maximum Gasteiger partial charge on any atom is 0.230 e. The van der Waals surface area contributed by atoms with E-state index in [1.807, 2.05) is 25.1 Å². The third-order valence-corrected chi connectivity index (χ3v) is 10.9. The van der Waals surface area contributed by atoms with Crippen LogP contribution in [0.5, 0.6) is 0 Å². The molecule has 2 aliphatic rings. The fraction of sp³-hybridized carbons (Fsp3) is 0.483. The highest BCUT2D eigenvalue weighted by Crippen LogP contribution is 2.43. The van der Waals surface area contributed by atoms with Crippen molar-refractivity contribution in [2.24, 2.45) is 0 Å². The van der Waals surface area contributed by atoms with Crippen molar-refractivity contribution < 1.29 is 12.8 Å². The molecule has 0 bridgehead atoms. The topological polar surface area (TPSA) is 100 Å². The van der Waals surface area contributed by atoms with Crippen molar-refractivity contribution in [2.75, 3.05) is 30.8 Å². The number of nitrogens with zero attached hydrogens (tertiary/aromatic N) is 4. The highest BCUT2D eigenvalue weighted by Gasteiger charge is 2.41. The normalized spacial score (nSPS) is 18.7. The Hall–Kier alpha value is -3.11. The van der Waals surface area contributed by atoms with Crippen molar-refractivity contribution in [2.45, 2.75) is 69.3 Å². The van der Waals surface area contributed by atoms with Gasteiger partial charge in [-0.25, -0.2) is 22.8 Å². The minimum Gasteiger partial charge on any atom is -0.340 e. The second kappa shape index (κ2) is 10.5.